The number of nitrogens with zero attached hydrogens (tertiary/aromatic N) is 9. The predicted molar refractivity (Wildman–Crippen MR) is 136 cm³/mol. The van der Waals surface area contributed by atoms with Crippen LogP contribution in [0.3, 0.4) is 0 Å². The van der Waals surface area contributed by atoms with E-state index in [1.807, 2.05) is 0 Å². The predicted octanol–water partition coefficient (Wildman–Crippen LogP) is -5.61. The van der Waals surface area contributed by atoms with Crippen LogP contribution in [0, 0.1) is 102 Å². The SMILES string of the molecule is N#CCN.N#CCN.N#CCN.N#CCN.N#CCN.N#CCN.N#CCN.N#CCN.N#CCN.O. The lowest BCUT2D eigenvalue weighted by Gasteiger charge is -1.51. The van der Waals surface area contributed by atoms with Crippen molar-refractivity contribution in [2.24, 2.45) is 51.6 Å². The van der Waals surface area contributed by atoms with Crippen LogP contribution in [0.25, 0.3) is 0 Å². The first-order chi connectivity index (χ1) is 17.2. The van der Waals surface area contributed by atoms with Gasteiger partial charge in [-0.1, -0.05) is 0 Å². The second kappa shape index (κ2) is 165. The zero-order chi connectivity index (χ0) is 30.7. The minimum absolute atomic E-state index is 0. The molecule has 0 unspecified atom stereocenters. The van der Waals surface area contributed by atoms with Crippen molar-refractivity contribution in [1.29, 1.82) is 47.4 Å². The summed E-state index contributed by atoms with van der Waals surface area (Å²) >= 11 is 0. The molecule has 37 heavy (non-hydrogen) atoms. The summed E-state index contributed by atoms with van der Waals surface area (Å²) in [5.74, 6) is 0. The van der Waals surface area contributed by atoms with Gasteiger partial charge in [0.15, 0.2) is 0 Å². The molecule has 206 valence electrons. The lowest BCUT2D eigenvalue weighted by molar-refractivity contribution is 0.824. The van der Waals surface area contributed by atoms with Crippen LogP contribution >= 0.6 is 0 Å². The molecule has 0 saturated carbocycles. The monoisotopic (exact) mass is 522 g/mol. The molecule has 0 bridgehead atoms. The molecular weight excluding hydrogens is 484 g/mol. The summed E-state index contributed by atoms with van der Waals surface area (Å²) in [7, 11) is 0. The van der Waals surface area contributed by atoms with Crippen molar-refractivity contribution >= 4 is 0 Å². The zero-order valence-corrected chi connectivity index (χ0v) is 20.6. The topological polar surface area (TPSA) is 480 Å². The first-order valence-electron chi connectivity index (χ1n) is 8.87. The highest BCUT2D eigenvalue weighted by Crippen LogP contribution is 1.28. The Bertz CT molecular complexity index is 510. The van der Waals surface area contributed by atoms with Crippen LogP contribution in [0.5, 0.6) is 0 Å². The summed E-state index contributed by atoms with van der Waals surface area (Å²) < 4.78 is 0. The molecule has 0 heterocycles. The lowest BCUT2D eigenvalue weighted by Crippen LogP contribution is -1.91. The van der Waals surface area contributed by atoms with Gasteiger partial charge in [0.25, 0.3) is 0 Å². The first-order valence-corrected chi connectivity index (χ1v) is 8.87. The molecule has 0 rings (SSSR count). The Morgan fingerprint density at radius 3 is 0.270 bits per heavy atom. The molecule has 20 N–H and O–H groups in total. The normalized spacial score (nSPS) is 4.86. The average molecular weight is 523 g/mol. The Kier molecular flexibility index (Phi) is 283. The van der Waals surface area contributed by atoms with E-state index in [2.05, 4.69) is 51.6 Å². The fourth-order valence-electron chi connectivity index (χ4n) is 0. The molecule has 0 saturated heterocycles. The van der Waals surface area contributed by atoms with Crippen LogP contribution in [-0.2, 0) is 0 Å². The van der Waals surface area contributed by atoms with Gasteiger partial charge in [-0.2, -0.15) is 47.4 Å². The van der Waals surface area contributed by atoms with E-state index in [-0.39, 0.29) is 64.4 Å². The minimum Gasteiger partial charge on any atom is -0.412 e. The molecule has 19 nitrogen and oxygen atoms in total. The Morgan fingerprint density at radius 2 is 0.270 bits per heavy atom. The first kappa shape index (κ1) is 63.5. The van der Waals surface area contributed by atoms with Crippen molar-refractivity contribution in [2.75, 3.05) is 58.9 Å². The quantitative estimate of drug-likeness (QED) is 0.134. The van der Waals surface area contributed by atoms with Crippen molar-refractivity contribution in [3.05, 3.63) is 0 Å². The van der Waals surface area contributed by atoms with E-state index in [1.165, 1.54) is 0 Å². The molecule has 19 heteroatoms. The number of rotatable bonds is 0. The van der Waals surface area contributed by atoms with Gasteiger partial charge in [0.1, 0.15) is 0 Å². The lowest BCUT2D eigenvalue weighted by atomic mass is 10.8. The van der Waals surface area contributed by atoms with E-state index in [0.29, 0.717) is 0 Å². The number of hydrogen-bond acceptors (Lipinski definition) is 18. The van der Waals surface area contributed by atoms with Gasteiger partial charge in [-0.15, -0.1) is 0 Å². The molecule has 0 aromatic heterocycles. The van der Waals surface area contributed by atoms with Gasteiger partial charge in [0, 0.05) is 0 Å². The zero-order valence-electron chi connectivity index (χ0n) is 20.6. The average Bonchev–Trinajstić information content (AvgIpc) is 2.97. The third-order valence-electron chi connectivity index (χ3n) is 0.822. The standard InChI is InChI=1S/9C2H4N2.H2O/c9*3-1-2-4;/h9*1,3H2;1H2. The summed E-state index contributed by atoms with van der Waals surface area (Å²) in [5, 5.41) is 67.5. The van der Waals surface area contributed by atoms with Crippen LogP contribution < -0.4 is 51.6 Å². The number of nitrogens with two attached hydrogens (primary N) is 9. The molecule has 0 spiro atoms. The third kappa shape index (κ3) is 1620. The van der Waals surface area contributed by atoms with E-state index in [9.17, 15) is 0 Å². The van der Waals surface area contributed by atoms with Crippen molar-refractivity contribution in [2.45, 2.75) is 0 Å². The molecule has 0 fully saturated rings. The maximum absolute atomic E-state index is 7.50. The van der Waals surface area contributed by atoms with Crippen molar-refractivity contribution < 1.29 is 5.48 Å². The summed E-state index contributed by atoms with van der Waals surface area (Å²) in [6.07, 6.45) is 0. The molecule has 0 aliphatic rings. The van der Waals surface area contributed by atoms with Crippen LogP contribution in [0.4, 0.5) is 0 Å². The fourth-order valence-corrected chi connectivity index (χ4v) is 0. The van der Waals surface area contributed by atoms with Gasteiger partial charge >= 0.3 is 0 Å². The summed E-state index contributed by atoms with van der Waals surface area (Å²) in [6.45, 7) is 1.12. The Labute approximate surface area is 218 Å². The fraction of sp³-hybridized carbons (Fsp3) is 0.500. The van der Waals surface area contributed by atoms with Gasteiger partial charge in [0.05, 0.1) is 114 Å². The number of nitriles is 9. The van der Waals surface area contributed by atoms with Gasteiger partial charge < -0.3 is 57.1 Å². The van der Waals surface area contributed by atoms with Gasteiger partial charge in [0.2, 0.25) is 0 Å². The molecule has 0 aromatic carbocycles. The second-order valence-corrected chi connectivity index (χ2v) is 3.26. The summed E-state index contributed by atoms with van der Waals surface area (Å²) in [6, 6.07) is 15.4. The number of hydrogen-bond donors (Lipinski definition) is 9. The van der Waals surface area contributed by atoms with E-state index < -0.39 is 0 Å². The van der Waals surface area contributed by atoms with E-state index in [4.69, 9.17) is 47.4 Å². The minimum atomic E-state index is 0. The maximum atomic E-state index is 7.50. The molecular formula is C18H38N18O. The van der Waals surface area contributed by atoms with Crippen LogP contribution in [0.1, 0.15) is 0 Å². The van der Waals surface area contributed by atoms with Crippen molar-refractivity contribution in [3.63, 3.8) is 0 Å². The second-order valence-electron chi connectivity index (χ2n) is 3.26. The maximum Gasteiger partial charge on any atom is 0.0815 e. The molecule has 0 aliphatic heterocycles. The summed E-state index contributed by atoms with van der Waals surface area (Å²) in [5.41, 5.74) is 42.0. The van der Waals surface area contributed by atoms with Crippen LogP contribution in [0.15, 0.2) is 0 Å². The Balaban J connectivity index is -0.0000000276. The Hall–Kier alpha value is -4.99. The van der Waals surface area contributed by atoms with Gasteiger partial charge in [-0.3, -0.25) is 0 Å². The van der Waals surface area contributed by atoms with Crippen LogP contribution in [0.2, 0.25) is 0 Å². The van der Waals surface area contributed by atoms with E-state index in [1.54, 1.807) is 54.6 Å². The molecule has 0 aliphatic carbocycles. The third-order valence-corrected chi connectivity index (χ3v) is 0.822. The van der Waals surface area contributed by atoms with Gasteiger partial charge in [-0.25, -0.2) is 0 Å². The van der Waals surface area contributed by atoms with Crippen molar-refractivity contribution in [3.8, 4) is 54.6 Å². The molecule has 0 amide bonds. The van der Waals surface area contributed by atoms with Crippen LogP contribution in [-0.4, -0.2) is 64.4 Å². The highest BCUT2D eigenvalue weighted by molar-refractivity contribution is 4.69. The van der Waals surface area contributed by atoms with Crippen molar-refractivity contribution in [1.82, 2.24) is 0 Å². The van der Waals surface area contributed by atoms with Gasteiger partial charge in [-0.05, 0) is 0 Å². The molecule has 0 radical (unpaired) electrons. The highest BCUT2D eigenvalue weighted by Gasteiger charge is 1.50. The Morgan fingerprint density at radius 1 is 0.243 bits per heavy atom. The van der Waals surface area contributed by atoms with E-state index >= 15 is 0 Å². The highest BCUT2D eigenvalue weighted by atomic mass is 16.0. The largest absolute Gasteiger partial charge is 0.412 e. The molecule has 0 aromatic rings. The van der Waals surface area contributed by atoms with E-state index in [0.717, 1.165) is 0 Å². The molecule has 0 atom stereocenters. The smallest absolute Gasteiger partial charge is 0.0815 e. The summed E-state index contributed by atoms with van der Waals surface area (Å²) in [4.78, 5) is 0.